The van der Waals surface area contributed by atoms with Crippen molar-refractivity contribution in [3.8, 4) is 11.4 Å². The number of nitrogens with two attached hydrogens (primary N) is 1. The van der Waals surface area contributed by atoms with Crippen molar-refractivity contribution < 1.29 is 18.4 Å². The van der Waals surface area contributed by atoms with Crippen molar-refractivity contribution in [3.05, 3.63) is 126 Å². The average molecular weight is 625 g/mol. The number of allylic oxidation sites excluding steroid dienone is 1. The SMILES string of the molecule is C=CC(F)(F)c1cccc(NC(=O)c2ccc(-n3c(=O)n(-c4cccc(NC(=O)/C=C/CN(C)C)c4)c4ncnc(N)c43)cc2)c1. The molecule has 0 saturated heterocycles. The predicted molar refractivity (Wildman–Crippen MR) is 174 cm³/mol. The first kappa shape index (κ1) is 31.5. The Kier molecular flexibility index (Phi) is 8.87. The van der Waals surface area contributed by atoms with Crippen LogP contribution in [0, 0.1) is 0 Å². The highest BCUT2D eigenvalue weighted by atomic mass is 19.3. The van der Waals surface area contributed by atoms with Crippen LogP contribution in [0.1, 0.15) is 15.9 Å². The van der Waals surface area contributed by atoms with Crippen LogP contribution in [0.15, 0.2) is 109 Å². The molecule has 0 aliphatic carbocycles. The number of nitrogen functional groups attached to an aromatic ring is 1. The van der Waals surface area contributed by atoms with Crippen LogP contribution in [0.25, 0.3) is 22.5 Å². The fourth-order valence-electron chi connectivity index (χ4n) is 4.68. The summed E-state index contributed by atoms with van der Waals surface area (Å²) in [7, 11) is 3.78. The van der Waals surface area contributed by atoms with Crippen molar-refractivity contribution >= 4 is 40.2 Å². The first-order chi connectivity index (χ1) is 22.0. The van der Waals surface area contributed by atoms with E-state index in [9.17, 15) is 23.2 Å². The van der Waals surface area contributed by atoms with Gasteiger partial charge >= 0.3 is 5.69 Å². The Morgan fingerprint density at radius 1 is 0.957 bits per heavy atom. The number of fused-ring (bicyclic) bond motifs is 1. The summed E-state index contributed by atoms with van der Waals surface area (Å²) in [5, 5.41) is 5.40. The van der Waals surface area contributed by atoms with E-state index < -0.39 is 17.5 Å². The van der Waals surface area contributed by atoms with E-state index in [4.69, 9.17) is 5.73 Å². The van der Waals surface area contributed by atoms with Gasteiger partial charge in [0, 0.05) is 35.1 Å². The van der Waals surface area contributed by atoms with E-state index in [1.807, 2.05) is 19.0 Å². The van der Waals surface area contributed by atoms with Gasteiger partial charge in [0.25, 0.3) is 11.8 Å². The van der Waals surface area contributed by atoms with Crippen molar-refractivity contribution in [1.29, 1.82) is 0 Å². The lowest BCUT2D eigenvalue weighted by Crippen LogP contribution is -2.22. The predicted octanol–water partition coefficient (Wildman–Crippen LogP) is 4.74. The van der Waals surface area contributed by atoms with E-state index in [1.54, 1.807) is 42.5 Å². The summed E-state index contributed by atoms with van der Waals surface area (Å²) in [5.74, 6) is -4.07. The zero-order valence-electron chi connectivity index (χ0n) is 24.9. The third-order valence-corrected chi connectivity index (χ3v) is 6.91. The number of benzene rings is 3. The molecule has 2 amide bonds. The van der Waals surface area contributed by atoms with Gasteiger partial charge in [-0.15, -0.1) is 0 Å². The van der Waals surface area contributed by atoms with Gasteiger partial charge in [-0.05, 0) is 74.8 Å². The zero-order valence-corrected chi connectivity index (χ0v) is 24.9. The number of nitrogens with zero attached hydrogens (tertiary/aromatic N) is 5. The van der Waals surface area contributed by atoms with Gasteiger partial charge in [0.1, 0.15) is 11.8 Å². The molecule has 0 aliphatic rings. The Morgan fingerprint density at radius 3 is 2.35 bits per heavy atom. The van der Waals surface area contributed by atoms with Crippen LogP contribution in [0.2, 0.25) is 0 Å². The van der Waals surface area contributed by atoms with E-state index in [1.165, 1.54) is 57.9 Å². The van der Waals surface area contributed by atoms with Crippen molar-refractivity contribution in [2.45, 2.75) is 5.92 Å². The lowest BCUT2D eigenvalue weighted by Gasteiger charge is -2.13. The molecule has 0 unspecified atom stereocenters. The summed E-state index contributed by atoms with van der Waals surface area (Å²) in [5.41, 5.74) is 7.50. The minimum absolute atomic E-state index is 0.0503. The number of aromatic nitrogens is 4. The molecule has 3 aromatic carbocycles. The molecular formula is C33H30F2N8O3. The minimum atomic E-state index is -3.25. The molecule has 2 aromatic heterocycles. The molecule has 0 spiro atoms. The van der Waals surface area contributed by atoms with Crippen molar-refractivity contribution in [2.24, 2.45) is 0 Å². The Balaban J connectivity index is 1.46. The Labute approximate surface area is 262 Å². The average Bonchev–Trinajstić information content (AvgIpc) is 3.34. The summed E-state index contributed by atoms with van der Waals surface area (Å²) in [6.45, 7) is 3.76. The molecule has 0 saturated carbocycles. The smallest absolute Gasteiger partial charge is 0.339 e. The van der Waals surface area contributed by atoms with E-state index in [-0.39, 0.29) is 39.7 Å². The second kappa shape index (κ2) is 13.0. The second-order valence-corrected chi connectivity index (χ2v) is 10.5. The van der Waals surface area contributed by atoms with Gasteiger partial charge < -0.3 is 21.3 Å². The van der Waals surface area contributed by atoms with Crippen LogP contribution < -0.4 is 22.1 Å². The topological polar surface area (TPSA) is 140 Å². The second-order valence-electron chi connectivity index (χ2n) is 10.5. The summed E-state index contributed by atoms with van der Waals surface area (Å²) < 4.78 is 30.8. The molecular weight excluding hydrogens is 594 g/mol. The molecule has 5 rings (SSSR count). The highest BCUT2D eigenvalue weighted by molar-refractivity contribution is 6.04. The third kappa shape index (κ3) is 6.59. The number of hydrogen-bond acceptors (Lipinski definition) is 7. The van der Waals surface area contributed by atoms with Crippen LogP contribution in [0.5, 0.6) is 0 Å². The third-order valence-electron chi connectivity index (χ3n) is 6.91. The fraction of sp³-hybridized carbons (Fsp3) is 0.121. The standard InChI is InChI=1S/C33H30F2N8O3/c1-4-33(34,35)22-8-5-9-23(18-22)40-31(45)21-13-15-25(16-14-21)42-28-29(36)37-20-38-30(28)43(32(42)46)26-11-6-10-24(19-26)39-27(44)12-7-17-41(2)3/h4-16,18-20H,1,17H2,2-3H3,(H,39,44)(H,40,45)(H2,36,37,38)/b12-7+. The quantitative estimate of drug-likeness (QED) is 0.151. The maximum absolute atomic E-state index is 14.0. The largest absolute Gasteiger partial charge is 0.382 e. The Morgan fingerprint density at radius 2 is 1.65 bits per heavy atom. The van der Waals surface area contributed by atoms with Crippen molar-refractivity contribution in [1.82, 2.24) is 24.0 Å². The number of amides is 2. The first-order valence-electron chi connectivity index (χ1n) is 14.0. The lowest BCUT2D eigenvalue weighted by molar-refractivity contribution is -0.111. The van der Waals surface area contributed by atoms with Crippen LogP contribution in [-0.4, -0.2) is 56.5 Å². The lowest BCUT2D eigenvalue weighted by atomic mass is 10.1. The van der Waals surface area contributed by atoms with Crippen molar-refractivity contribution in [3.63, 3.8) is 0 Å². The van der Waals surface area contributed by atoms with Crippen LogP contribution in [-0.2, 0) is 10.7 Å². The molecule has 0 bridgehead atoms. The van der Waals surface area contributed by atoms with Crippen LogP contribution in [0.3, 0.4) is 0 Å². The summed E-state index contributed by atoms with van der Waals surface area (Å²) in [6.07, 6.45) is 4.94. The van der Waals surface area contributed by atoms with Crippen molar-refractivity contribution in [2.75, 3.05) is 37.0 Å². The van der Waals surface area contributed by atoms with Crippen LogP contribution in [0.4, 0.5) is 26.0 Å². The van der Waals surface area contributed by atoms with E-state index >= 15 is 0 Å². The highest BCUT2D eigenvalue weighted by Crippen LogP contribution is 2.30. The van der Waals surface area contributed by atoms with Gasteiger partial charge in [-0.3, -0.25) is 14.2 Å². The van der Waals surface area contributed by atoms with Gasteiger partial charge in [0.15, 0.2) is 11.5 Å². The van der Waals surface area contributed by atoms with Gasteiger partial charge in [-0.25, -0.2) is 19.3 Å². The number of anilines is 3. The van der Waals surface area contributed by atoms with Gasteiger partial charge in [-0.1, -0.05) is 30.9 Å². The number of halogens is 2. The van der Waals surface area contributed by atoms with Crippen LogP contribution >= 0.6 is 0 Å². The fourth-order valence-corrected chi connectivity index (χ4v) is 4.68. The number of carbonyl (C=O) groups excluding carboxylic acids is 2. The number of rotatable bonds is 10. The molecule has 0 atom stereocenters. The zero-order chi connectivity index (χ0) is 33.0. The molecule has 0 aliphatic heterocycles. The van der Waals surface area contributed by atoms with Gasteiger partial charge in [0.2, 0.25) is 5.91 Å². The number of alkyl halides is 2. The number of hydrogen-bond donors (Lipinski definition) is 3. The molecule has 46 heavy (non-hydrogen) atoms. The molecule has 5 aromatic rings. The highest BCUT2D eigenvalue weighted by Gasteiger charge is 2.27. The summed E-state index contributed by atoms with van der Waals surface area (Å²) in [4.78, 5) is 49.6. The number of carbonyl (C=O) groups is 2. The normalized spacial score (nSPS) is 11.7. The Hall–Kier alpha value is -5.95. The minimum Gasteiger partial charge on any atom is -0.382 e. The molecule has 11 nitrogen and oxygen atoms in total. The molecule has 4 N–H and O–H groups in total. The van der Waals surface area contributed by atoms with E-state index in [2.05, 4.69) is 27.2 Å². The van der Waals surface area contributed by atoms with E-state index in [0.29, 0.717) is 29.7 Å². The summed E-state index contributed by atoms with van der Waals surface area (Å²) in [6, 6.07) is 18.1. The number of nitrogens with one attached hydrogen (secondary N) is 2. The molecule has 13 heteroatoms. The monoisotopic (exact) mass is 624 g/mol. The van der Waals surface area contributed by atoms with E-state index in [0.717, 1.165) is 0 Å². The maximum Gasteiger partial charge on any atom is 0.339 e. The molecule has 234 valence electrons. The van der Waals surface area contributed by atoms with Gasteiger partial charge in [-0.2, -0.15) is 8.78 Å². The molecule has 0 radical (unpaired) electrons. The van der Waals surface area contributed by atoms with Gasteiger partial charge in [0.05, 0.1) is 11.4 Å². The number of likely N-dealkylation sites (N-methyl/N-ethyl adjacent to an activating group) is 1. The Bertz CT molecular complexity index is 2030. The number of imidazole rings is 1. The first-order valence-corrected chi connectivity index (χ1v) is 14.0. The molecule has 2 heterocycles. The molecule has 0 fully saturated rings. The summed E-state index contributed by atoms with van der Waals surface area (Å²) >= 11 is 0. The maximum atomic E-state index is 14.0.